The van der Waals surface area contributed by atoms with Crippen molar-refractivity contribution in [2.75, 3.05) is 50.8 Å². The van der Waals surface area contributed by atoms with Gasteiger partial charge < -0.3 is 9.64 Å². The molecule has 2 fully saturated rings. The molecule has 4 rings (SSSR count). The van der Waals surface area contributed by atoms with Crippen molar-refractivity contribution in [3.8, 4) is 0 Å². The van der Waals surface area contributed by atoms with E-state index in [1.54, 1.807) is 17.7 Å². The molecule has 0 saturated carbocycles. The second kappa shape index (κ2) is 7.76. The Hall–Kier alpha value is -1.24. The van der Waals surface area contributed by atoms with E-state index in [9.17, 15) is 0 Å². The molecule has 0 amide bonds. The Labute approximate surface area is 147 Å². The number of thiophene rings is 1. The lowest BCUT2D eigenvalue weighted by Gasteiger charge is -2.33. The summed E-state index contributed by atoms with van der Waals surface area (Å²) in [6, 6.07) is 2.09. The summed E-state index contributed by atoms with van der Waals surface area (Å²) in [6.45, 7) is 7.55. The van der Waals surface area contributed by atoms with Crippen LogP contribution in [0.3, 0.4) is 0 Å². The largest absolute Gasteiger partial charge is 0.379 e. The average molecular weight is 346 g/mol. The number of piperidine rings is 1. The van der Waals surface area contributed by atoms with E-state index in [0.29, 0.717) is 0 Å². The Morgan fingerprint density at radius 2 is 1.96 bits per heavy atom. The Morgan fingerprint density at radius 3 is 2.79 bits per heavy atom. The number of hydrogen-bond donors (Lipinski definition) is 0. The highest BCUT2D eigenvalue weighted by molar-refractivity contribution is 7.17. The predicted octanol–water partition coefficient (Wildman–Crippen LogP) is 3.02. The smallest absolute Gasteiger partial charge is 0.150 e. The molecule has 2 aliphatic heterocycles. The minimum atomic E-state index is 0.878. The van der Waals surface area contributed by atoms with Crippen LogP contribution in [0.4, 0.5) is 5.82 Å². The van der Waals surface area contributed by atoms with E-state index in [2.05, 4.69) is 31.2 Å². The number of morpholine rings is 1. The zero-order valence-electron chi connectivity index (χ0n) is 14.2. The Bertz CT molecular complexity index is 647. The molecule has 0 N–H and O–H groups in total. The predicted molar refractivity (Wildman–Crippen MR) is 98.8 cm³/mol. The highest BCUT2D eigenvalue weighted by Crippen LogP contribution is 2.31. The summed E-state index contributed by atoms with van der Waals surface area (Å²) >= 11 is 1.76. The van der Waals surface area contributed by atoms with Gasteiger partial charge in [0.05, 0.1) is 23.4 Å². The monoisotopic (exact) mass is 346 g/mol. The van der Waals surface area contributed by atoms with E-state index in [1.165, 1.54) is 36.9 Å². The summed E-state index contributed by atoms with van der Waals surface area (Å²) in [7, 11) is 0. The average Bonchev–Trinajstić information content (AvgIpc) is 3.12. The van der Waals surface area contributed by atoms with Gasteiger partial charge in [0.15, 0.2) is 0 Å². The third-order valence-electron chi connectivity index (χ3n) is 5.33. The first-order valence-electron chi connectivity index (χ1n) is 9.13. The number of aromatic nitrogens is 2. The maximum atomic E-state index is 5.42. The van der Waals surface area contributed by atoms with E-state index in [1.807, 2.05) is 0 Å². The van der Waals surface area contributed by atoms with Crippen LogP contribution in [0.5, 0.6) is 0 Å². The molecule has 0 unspecified atom stereocenters. The van der Waals surface area contributed by atoms with Gasteiger partial charge in [0.25, 0.3) is 0 Å². The van der Waals surface area contributed by atoms with Gasteiger partial charge in [-0.05, 0) is 49.6 Å². The summed E-state index contributed by atoms with van der Waals surface area (Å²) in [5, 5.41) is 2.11. The fourth-order valence-corrected chi connectivity index (χ4v) is 4.72. The molecule has 0 atom stereocenters. The number of ether oxygens (including phenoxy) is 1. The first kappa shape index (κ1) is 16.2. The molecule has 0 bridgehead atoms. The van der Waals surface area contributed by atoms with E-state index in [0.717, 1.165) is 56.6 Å². The Balaban J connectivity index is 1.25. The molecule has 0 spiro atoms. The number of rotatable bonds is 5. The molecule has 130 valence electrons. The van der Waals surface area contributed by atoms with E-state index in [4.69, 9.17) is 4.74 Å². The van der Waals surface area contributed by atoms with Crippen molar-refractivity contribution in [2.24, 2.45) is 5.92 Å². The van der Waals surface area contributed by atoms with Crippen LogP contribution < -0.4 is 4.90 Å². The van der Waals surface area contributed by atoms with Crippen molar-refractivity contribution in [1.82, 2.24) is 14.9 Å². The van der Waals surface area contributed by atoms with Crippen molar-refractivity contribution in [2.45, 2.75) is 25.7 Å². The van der Waals surface area contributed by atoms with Gasteiger partial charge in [-0.2, -0.15) is 0 Å². The van der Waals surface area contributed by atoms with E-state index >= 15 is 0 Å². The first-order chi connectivity index (χ1) is 11.9. The summed E-state index contributed by atoms with van der Waals surface area (Å²) < 4.78 is 6.66. The molecular weight excluding hydrogens is 320 g/mol. The summed E-state index contributed by atoms with van der Waals surface area (Å²) in [5.74, 6) is 2.02. The van der Waals surface area contributed by atoms with Crippen LogP contribution in [0.2, 0.25) is 0 Å². The molecule has 2 saturated heterocycles. The summed E-state index contributed by atoms with van der Waals surface area (Å²) in [4.78, 5) is 13.9. The van der Waals surface area contributed by atoms with E-state index < -0.39 is 0 Å². The maximum Gasteiger partial charge on any atom is 0.150 e. The van der Waals surface area contributed by atoms with Gasteiger partial charge in [0.1, 0.15) is 12.1 Å². The van der Waals surface area contributed by atoms with Crippen LogP contribution in [0, 0.1) is 5.92 Å². The molecule has 24 heavy (non-hydrogen) atoms. The highest BCUT2D eigenvalue weighted by Gasteiger charge is 2.22. The molecule has 5 nitrogen and oxygen atoms in total. The molecule has 6 heteroatoms. The van der Waals surface area contributed by atoms with E-state index in [-0.39, 0.29) is 0 Å². The van der Waals surface area contributed by atoms with Crippen molar-refractivity contribution < 1.29 is 4.74 Å². The fraction of sp³-hybridized carbons (Fsp3) is 0.667. The van der Waals surface area contributed by atoms with Crippen molar-refractivity contribution in [1.29, 1.82) is 0 Å². The standard InChI is InChI=1S/C18H26N4OS/c1(6-21-9-11-23-12-10-21)2-15-3-7-22(8-4-15)18-17-16(5-13-24-17)19-14-20-18/h5,13-15H,1-4,6-12H2. The Kier molecular flexibility index (Phi) is 5.25. The van der Waals surface area contributed by atoms with Crippen LogP contribution >= 0.6 is 11.3 Å². The van der Waals surface area contributed by atoms with Crippen molar-refractivity contribution >= 4 is 27.4 Å². The third-order valence-corrected chi connectivity index (χ3v) is 6.23. The molecule has 4 heterocycles. The number of fused-ring (bicyclic) bond motifs is 1. The third kappa shape index (κ3) is 3.71. The molecule has 0 aliphatic carbocycles. The molecule has 2 aromatic heterocycles. The summed E-state index contributed by atoms with van der Waals surface area (Å²) in [5.41, 5.74) is 1.08. The zero-order chi connectivity index (χ0) is 16.2. The van der Waals surface area contributed by atoms with Crippen molar-refractivity contribution in [3.05, 3.63) is 17.8 Å². The topological polar surface area (TPSA) is 41.5 Å². The maximum absolute atomic E-state index is 5.42. The second-order valence-corrected chi connectivity index (χ2v) is 7.78. The minimum absolute atomic E-state index is 0.878. The SMILES string of the molecule is c1nc(N2CCC(CCCN3CCOCC3)CC2)c2sccc2n1. The number of anilines is 1. The molecule has 2 aromatic rings. The van der Waals surface area contributed by atoms with Crippen LogP contribution in [0.1, 0.15) is 25.7 Å². The minimum Gasteiger partial charge on any atom is -0.379 e. The lowest BCUT2D eigenvalue weighted by atomic mass is 9.92. The van der Waals surface area contributed by atoms with Crippen LogP contribution in [0.15, 0.2) is 17.8 Å². The molecule has 0 radical (unpaired) electrons. The number of nitrogens with zero attached hydrogens (tertiary/aromatic N) is 4. The lowest BCUT2D eigenvalue weighted by molar-refractivity contribution is 0.0365. The van der Waals surface area contributed by atoms with Gasteiger partial charge in [-0.25, -0.2) is 9.97 Å². The van der Waals surface area contributed by atoms with Gasteiger partial charge in [0, 0.05) is 26.2 Å². The van der Waals surface area contributed by atoms with Gasteiger partial charge in [-0.3, -0.25) is 4.90 Å². The second-order valence-electron chi connectivity index (χ2n) is 6.86. The fourth-order valence-electron chi connectivity index (χ4n) is 3.86. The lowest BCUT2D eigenvalue weighted by Crippen LogP contribution is -2.37. The zero-order valence-corrected chi connectivity index (χ0v) is 15.0. The molecule has 0 aromatic carbocycles. The van der Waals surface area contributed by atoms with Gasteiger partial charge >= 0.3 is 0 Å². The van der Waals surface area contributed by atoms with Gasteiger partial charge in [-0.15, -0.1) is 11.3 Å². The van der Waals surface area contributed by atoms with Gasteiger partial charge in [-0.1, -0.05) is 0 Å². The van der Waals surface area contributed by atoms with Crippen molar-refractivity contribution in [3.63, 3.8) is 0 Å². The van der Waals surface area contributed by atoms with Crippen LogP contribution in [-0.4, -0.2) is 60.8 Å². The van der Waals surface area contributed by atoms with Crippen LogP contribution in [-0.2, 0) is 4.74 Å². The highest BCUT2D eigenvalue weighted by atomic mass is 32.1. The number of hydrogen-bond acceptors (Lipinski definition) is 6. The van der Waals surface area contributed by atoms with Crippen LogP contribution in [0.25, 0.3) is 10.2 Å². The van der Waals surface area contributed by atoms with Gasteiger partial charge in [0.2, 0.25) is 0 Å². The Morgan fingerprint density at radius 1 is 1.12 bits per heavy atom. The quantitative estimate of drug-likeness (QED) is 0.832. The molecule has 2 aliphatic rings. The normalized spacial score (nSPS) is 20.8. The first-order valence-corrected chi connectivity index (χ1v) is 10.0. The summed E-state index contributed by atoms with van der Waals surface area (Å²) in [6.07, 6.45) is 6.98. The molecular formula is C18H26N4OS.